The maximum Gasteiger partial charge on any atom is 0.391 e. The van der Waals surface area contributed by atoms with Crippen LogP contribution in [0.4, 0.5) is 13.2 Å². The molecule has 0 aromatic carbocycles. The number of carbonyl (C=O) groups excluding carboxylic acids is 1. The molecule has 0 atom stereocenters. The van der Waals surface area contributed by atoms with E-state index in [4.69, 9.17) is 0 Å². The number of hydrogen-bond donors (Lipinski definition) is 1. The molecule has 1 amide bonds. The Labute approximate surface area is 168 Å². The van der Waals surface area contributed by atoms with Crippen molar-refractivity contribution in [3.63, 3.8) is 0 Å². The van der Waals surface area contributed by atoms with Gasteiger partial charge in [0.15, 0.2) is 0 Å². The van der Waals surface area contributed by atoms with Crippen LogP contribution in [0.3, 0.4) is 0 Å². The molecule has 0 spiro atoms. The first kappa shape index (κ1) is 20.3. The third-order valence-electron chi connectivity index (χ3n) is 6.85. The first-order valence-corrected chi connectivity index (χ1v) is 10.7. The van der Waals surface area contributed by atoms with E-state index < -0.39 is 12.1 Å². The molecule has 29 heavy (non-hydrogen) atoms. The molecule has 3 aliphatic rings. The summed E-state index contributed by atoms with van der Waals surface area (Å²) in [5.74, 6) is -1.10. The first-order valence-electron chi connectivity index (χ1n) is 10.7. The van der Waals surface area contributed by atoms with Gasteiger partial charge in [-0.05, 0) is 63.4 Å². The van der Waals surface area contributed by atoms with Gasteiger partial charge in [-0.25, -0.2) is 4.79 Å². The van der Waals surface area contributed by atoms with Gasteiger partial charge < -0.3 is 9.88 Å². The standard InChI is InChI=1S/C21H28F3N3O2/c22-21(23,24)15-7-5-14(6-8-15)13-19(28)26-11-9-16(10-12-26)27-18-4-2-1-3-17(18)25-20(27)29/h1,3,14-16H,2,4-13H2,(H,25,29)/t14-,15+. The van der Waals surface area contributed by atoms with Gasteiger partial charge in [0.25, 0.3) is 0 Å². The number of piperidine rings is 1. The number of carbonyl (C=O) groups is 1. The fraction of sp³-hybridized carbons (Fsp3) is 0.714. The van der Waals surface area contributed by atoms with Crippen molar-refractivity contribution in [3.05, 3.63) is 27.9 Å². The molecular formula is C21H28F3N3O2. The number of alkyl halides is 3. The van der Waals surface area contributed by atoms with Crippen LogP contribution in [-0.4, -0.2) is 39.6 Å². The van der Waals surface area contributed by atoms with Crippen molar-refractivity contribution in [2.75, 3.05) is 13.1 Å². The number of aromatic amines is 1. The fourth-order valence-corrected chi connectivity index (χ4v) is 5.14. The smallest absolute Gasteiger partial charge is 0.343 e. The molecule has 0 bridgehead atoms. The van der Waals surface area contributed by atoms with Crippen LogP contribution in [-0.2, 0) is 11.2 Å². The quantitative estimate of drug-likeness (QED) is 0.816. The summed E-state index contributed by atoms with van der Waals surface area (Å²) in [6.07, 6.45) is 4.74. The van der Waals surface area contributed by atoms with E-state index in [2.05, 4.69) is 11.1 Å². The first-order chi connectivity index (χ1) is 13.8. The number of fused-ring (bicyclic) bond motifs is 1. The maximum absolute atomic E-state index is 12.8. The summed E-state index contributed by atoms with van der Waals surface area (Å²) in [5, 5.41) is 0. The van der Waals surface area contributed by atoms with Crippen molar-refractivity contribution in [2.24, 2.45) is 11.8 Å². The molecular weight excluding hydrogens is 383 g/mol. The van der Waals surface area contributed by atoms with Crippen LogP contribution >= 0.6 is 0 Å². The van der Waals surface area contributed by atoms with Crippen molar-refractivity contribution < 1.29 is 18.0 Å². The lowest BCUT2D eigenvalue weighted by molar-refractivity contribution is -0.184. The van der Waals surface area contributed by atoms with Crippen LogP contribution in [0.2, 0.25) is 0 Å². The van der Waals surface area contributed by atoms with E-state index in [0.29, 0.717) is 32.4 Å². The van der Waals surface area contributed by atoms with E-state index in [-0.39, 0.29) is 36.4 Å². The summed E-state index contributed by atoms with van der Waals surface area (Å²) < 4.78 is 40.3. The Morgan fingerprint density at radius 3 is 2.45 bits per heavy atom. The van der Waals surface area contributed by atoms with Crippen LogP contribution in [0.15, 0.2) is 10.9 Å². The highest BCUT2D eigenvalue weighted by Gasteiger charge is 2.41. The molecule has 1 saturated heterocycles. The number of likely N-dealkylation sites (tertiary alicyclic amines) is 1. The number of allylic oxidation sites excluding steroid dienone is 1. The molecule has 4 rings (SSSR count). The fourth-order valence-electron chi connectivity index (χ4n) is 5.14. The maximum atomic E-state index is 12.8. The molecule has 1 N–H and O–H groups in total. The normalized spacial score (nSPS) is 25.8. The van der Waals surface area contributed by atoms with E-state index in [0.717, 1.165) is 37.1 Å². The van der Waals surface area contributed by atoms with Gasteiger partial charge >= 0.3 is 11.9 Å². The van der Waals surface area contributed by atoms with Gasteiger partial charge in [-0.2, -0.15) is 13.2 Å². The summed E-state index contributed by atoms with van der Waals surface area (Å²) >= 11 is 0. The molecule has 2 heterocycles. The number of halogens is 3. The summed E-state index contributed by atoms with van der Waals surface area (Å²) in [5.41, 5.74) is 1.88. The Kier molecular flexibility index (Phi) is 5.62. The third-order valence-corrected chi connectivity index (χ3v) is 6.85. The average Bonchev–Trinajstić information content (AvgIpc) is 3.03. The minimum atomic E-state index is -4.11. The zero-order valence-electron chi connectivity index (χ0n) is 16.5. The molecule has 2 aliphatic carbocycles. The van der Waals surface area contributed by atoms with Gasteiger partial charge in [0, 0.05) is 31.2 Å². The van der Waals surface area contributed by atoms with E-state index in [1.807, 2.05) is 15.5 Å². The molecule has 8 heteroatoms. The number of nitrogens with zero attached hydrogens (tertiary/aromatic N) is 2. The van der Waals surface area contributed by atoms with Gasteiger partial charge in [0.1, 0.15) is 0 Å². The van der Waals surface area contributed by atoms with Gasteiger partial charge in [0.2, 0.25) is 5.91 Å². The van der Waals surface area contributed by atoms with E-state index in [1.165, 1.54) is 0 Å². The molecule has 1 aromatic rings. The van der Waals surface area contributed by atoms with Crippen molar-refractivity contribution in [1.29, 1.82) is 0 Å². The monoisotopic (exact) mass is 411 g/mol. The van der Waals surface area contributed by atoms with E-state index >= 15 is 0 Å². The largest absolute Gasteiger partial charge is 0.391 e. The molecule has 1 aliphatic heterocycles. The molecule has 1 saturated carbocycles. The van der Waals surface area contributed by atoms with Gasteiger partial charge in [-0.1, -0.05) is 6.08 Å². The molecule has 160 valence electrons. The average molecular weight is 411 g/mol. The van der Waals surface area contributed by atoms with Gasteiger partial charge in [-0.3, -0.25) is 9.36 Å². The Bertz CT molecular complexity index is 823. The molecule has 2 fully saturated rings. The summed E-state index contributed by atoms with van der Waals surface area (Å²) in [4.78, 5) is 29.8. The lowest BCUT2D eigenvalue weighted by Crippen LogP contribution is -2.41. The number of aromatic nitrogens is 2. The second-order valence-corrected chi connectivity index (χ2v) is 8.68. The number of H-pyrrole nitrogens is 1. The van der Waals surface area contributed by atoms with Crippen molar-refractivity contribution in [3.8, 4) is 0 Å². The van der Waals surface area contributed by atoms with Gasteiger partial charge in [-0.15, -0.1) is 0 Å². The van der Waals surface area contributed by atoms with Crippen LogP contribution < -0.4 is 5.69 Å². The molecule has 5 nitrogen and oxygen atoms in total. The minimum Gasteiger partial charge on any atom is -0.343 e. The van der Waals surface area contributed by atoms with Crippen LogP contribution in [0.25, 0.3) is 6.08 Å². The highest BCUT2D eigenvalue weighted by Crippen LogP contribution is 2.40. The second kappa shape index (κ2) is 8.03. The number of imidazole rings is 1. The summed E-state index contributed by atoms with van der Waals surface area (Å²) in [7, 11) is 0. The Morgan fingerprint density at radius 1 is 1.10 bits per heavy atom. The Morgan fingerprint density at radius 2 is 1.79 bits per heavy atom. The highest BCUT2D eigenvalue weighted by molar-refractivity contribution is 5.76. The zero-order valence-corrected chi connectivity index (χ0v) is 16.5. The predicted molar refractivity (Wildman–Crippen MR) is 103 cm³/mol. The highest BCUT2D eigenvalue weighted by atomic mass is 19.4. The number of rotatable bonds is 3. The predicted octanol–water partition coefficient (Wildman–Crippen LogP) is 4.06. The third kappa shape index (κ3) is 4.31. The molecule has 0 radical (unpaired) electrons. The van der Waals surface area contributed by atoms with Crippen molar-refractivity contribution >= 4 is 12.0 Å². The second-order valence-electron chi connectivity index (χ2n) is 8.68. The SMILES string of the molecule is O=C(C[C@H]1CC[C@@H](C(F)(F)F)CC1)N1CCC(n2c3c([nH]c2=O)C=CCC3)CC1. The van der Waals surface area contributed by atoms with Crippen LogP contribution in [0.1, 0.15) is 68.8 Å². The lowest BCUT2D eigenvalue weighted by atomic mass is 9.80. The van der Waals surface area contributed by atoms with Crippen molar-refractivity contribution in [1.82, 2.24) is 14.5 Å². The van der Waals surface area contributed by atoms with Crippen molar-refractivity contribution in [2.45, 2.75) is 70.0 Å². The van der Waals surface area contributed by atoms with E-state index in [1.54, 1.807) is 0 Å². The Hall–Kier alpha value is -1.99. The summed E-state index contributed by atoms with van der Waals surface area (Å²) in [6.45, 7) is 1.20. The van der Waals surface area contributed by atoms with E-state index in [9.17, 15) is 22.8 Å². The molecule has 1 aromatic heterocycles. The molecule has 0 unspecified atom stereocenters. The Balaban J connectivity index is 1.29. The van der Waals surface area contributed by atoms with Gasteiger partial charge in [0.05, 0.1) is 11.6 Å². The number of amides is 1. The minimum absolute atomic E-state index is 0.0466. The zero-order chi connectivity index (χ0) is 20.6. The topological polar surface area (TPSA) is 58.1 Å². The van der Waals surface area contributed by atoms with Crippen LogP contribution in [0.5, 0.6) is 0 Å². The number of hydrogen-bond acceptors (Lipinski definition) is 2. The summed E-state index contributed by atoms with van der Waals surface area (Å²) in [6, 6.07) is 0.0975. The number of nitrogens with one attached hydrogen (secondary N) is 1. The lowest BCUT2D eigenvalue weighted by Gasteiger charge is -2.35. The van der Waals surface area contributed by atoms with Crippen LogP contribution in [0, 0.1) is 11.8 Å².